The SMILES string of the molecule is Cc1cc(NC(=O)c2cnoc2C)no1. The van der Waals surface area contributed by atoms with Crippen molar-refractivity contribution in [2.24, 2.45) is 0 Å². The summed E-state index contributed by atoms with van der Waals surface area (Å²) >= 11 is 0. The number of rotatable bonds is 2. The molecule has 1 N–H and O–H groups in total. The fourth-order valence-corrected chi connectivity index (χ4v) is 1.13. The topological polar surface area (TPSA) is 81.2 Å². The van der Waals surface area contributed by atoms with Gasteiger partial charge in [-0.1, -0.05) is 10.3 Å². The first kappa shape index (κ1) is 9.45. The van der Waals surface area contributed by atoms with Crippen LogP contribution in [0.25, 0.3) is 0 Å². The van der Waals surface area contributed by atoms with Crippen LogP contribution < -0.4 is 5.32 Å². The minimum atomic E-state index is -0.318. The van der Waals surface area contributed by atoms with Crippen LogP contribution in [-0.4, -0.2) is 16.2 Å². The molecule has 0 unspecified atom stereocenters. The summed E-state index contributed by atoms with van der Waals surface area (Å²) in [5.74, 6) is 1.15. The molecule has 0 bridgehead atoms. The molecule has 2 heterocycles. The molecule has 15 heavy (non-hydrogen) atoms. The molecule has 0 radical (unpaired) electrons. The van der Waals surface area contributed by atoms with E-state index in [0.717, 1.165) is 0 Å². The molecule has 6 heteroatoms. The molecule has 0 spiro atoms. The van der Waals surface area contributed by atoms with Crippen molar-refractivity contribution in [2.45, 2.75) is 13.8 Å². The largest absolute Gasteiger partial charge is 0.361 e. The van der Waals surface area contributed by atoms with Crippen LogP contribution in [0.2, 0.25) is 0 Å². The van der Waals surface area contributed by atoms with Crippen LogP contribution in [0.15, 0.2) is 21.3 Å². The van der Waals surface area contributed by atoms with Crippen molar-refractivity contribution in [3.63, 3.8) is 0 Å². The molecule has 0 aliphatic rings. The first-order valence-electron chi connectivity index (χ1n) is 4.33. The fraction of sp³-hybridized carbons (Fsp3) is 0.222. The zero-order valence-electron chi connectivity index (χ0n) is 8.27. The monoisotopic (exact) mass is 207 g/mol. The molecule has 6 nitrogen and oxygen atoms in total. The summed E-state index contributed by atoms with van der Waals surface area (Å²) < 4.78 is 9.58. The van der Waals surface area contributed by atoms with E-state index < -0.39 is 0 Å². The third-order valence-electron chi connectivity index (χ3n) is 1.86. The third-order valence-corrected chi connectivity index (χ3v) is 1.86. The van der Waals surface area contributed by atoms with Gasteiger partial charge in [0, 0.05) is 6.07 Å². The first-order chi connectivity index (χ1) is 7.16. The maximum Gasteiger partial charge on any atom is 0.262 e. The van der Waals surface area contributed by atoms with Crippen LogP contribution in [0.5, 0.6) is 0 Å². The minimum Gasteiger partial charge on any atom is -0.361 e. The molecular weight excluding hydrogens is 198 g/mol. The van der Waals surface area contributed by atoms with E-state index in [4.69, 9.17) is 9.05 Å². The van der Waals surface area contributed by atoms with E-state index in [1.807, 2.05) is 0 Å². The average molecular weight is 207 g/mol. The molecule has 0 aliphatic carbocycles. The second-order valence-corrected chi connectivity index (χ2v) is 3.07. The lowest BCUT2D eigenvalue weighted by Gasteiger charge is -1.97. The fourth-order valence-electron chi connectivity index (χ4n) is 1.13. The Balaban J connectivity index is 2.14. The predicted octanol–water partition coefficient (Wildman–Crippen LogP) is 1.53. The molecule has 0 aliphatic heterocycles. The zero-order valence-corrected chi connectivity index (χ0v) is 8.27. The van der Waals surface area contributed by atoms with Crippen LogP contribution in [0, 0.1) is 13.8 Å². The van der Waals surface area contributed by atoms with E-state index in [9.17, 15) is 4.79 Å². The Hall–Kier alpha value is -2.11. The smallest absolute Gasteiger partial charge is 0.262 e. The standard InChI is InChI=1S/C9H9N3O3/c1-5-3-8(12-14-5)11-9(13)7-4-10-15-6(7)2/h3-4H,1-2H3,(H,11,12,13). The van der Waals surface area contributed by atoms with Crippen molar-refractivity contribution in [1.29, 1.82) is 0 Å². The molecule has 1 amide bonds. The number of nitrogens with one attached hydrogen (secondary N) is 1. The number of aryl methyl sites for hydroxylation is 2. The second-order valence-electron chi connectivity index (χ2n) is 3.07. The molecular formula is C9H9N3O3. The van der Waals surface area contributed by atoms with Gasteiger partial charge in [-0.15, -0.1) is 0 Å². The van der Waals surface area contributed by atoms with Gasteiger partial charge in [0.2, 0.25) is 0 Å². The summed E-state index contributed by atoms with van der Waals surface area (Å²) in [6, 6.07) is 1.63. The predicted molar refractivity (Wildman–Crippen MR) is 50.4 cm³/mol. The molecule has 2 rings (SSSR count). The van der Waals surface area contributed by atoms with Crippen LogP contribution in [0.3, 0.4) is 0 Å². The normalized spacial score (nSPS) is 10.3. The Morgan fingerprint density at radius 1 is 1.40 bits per heavy atom. The summed E-state index contributed by atoms with van der Waals surface area (Å²) in [6.45, 7) is 3.41. The number of aromatic nitrogens is 2. The number of nitrogens with zero attached hydrogens (tertiary/aromatic N) is 2. The maximum absolute atomic E-state index is 11.6. The Morgan fingerprint density at radius 3 is 2.73 bits per heavy atom. The van der Waals surface area contributed by atoms with Gasteiger partial charge in [0.1, 0.15) is 17.1 Å². The van der Waals surface area contributed by atoms with E-state index in [2.05, 4.69) is 15.6 Å². The van der Waals surface area contributed by atoms with Crippen LogP contribution in [-0.2, 0) is 0 Å². The number of amides is 1. The number of anilines is 1. The molecule has 0 fully saturated rings. The zero-order chi connectivity index (χ0) is 10.8. The van der Waals surface area contributed by atoms with Gasteiger partial charge < -0.3 is 14.4 Å². The second kappa shape index (κ2) is 3.56. The minimum absolute atomic E-state index is 0.318. The first-order valence-corrected chi connectivity index (χ1v) is 4.33. The molecule has 0 atom stereocenters. The van der Waals surface area contributed by atoms with Gasteiger partial charge in [0.05, 0.1) is 6.20 Å². The van der Waals surface area contributed by atoms with Crippen molar-refractivity contribution in [2.75, 3.05) is 5.32 Å². The lowest BCUT2D eigenvalue weighted by Crippen LogP contribution is -2.12. The van der Waals surface area contributed by atoms with E-state index in [-0.39, 0.29) is 5.91 Å². The highest BCUT2D eigenvalue weighted by Gasteiger charge is 2.14. The van der Waals surface area contributed by atoms with Crippen molar-refractivity contribution in [1.82, 2.24) is 10.3 Å². The van der Waals surface area contributed by atoms with Gasteiger partial charge in [-0.2, -0.15) is 0 Å². The summed E-state index contributed by atoms with van der Waals surface area (Å²) in [7, 11) is 0. The third kappa shape index (κ3) is 1.88. The van der Waals surface area contributed by atoms with Crippen LogP contribution >= 0.6 is 0 Å². The molecule has 0 saturated carbocycles. The molecule has 0 aromatic carbocycles. The van der Waals surface area contributed by atoms with E-state index in [0.29, 0.717) is 22.9 Å². The van der Waals surface area contributed by atoms with Gasteiger partial charge in [-0.3, -0.25) is 4.79 Å². The number of carbonyl (C=O) groups excluding carboxylic acids is 1. The number of hydrogen-bond donors (Lipinski definition) is 1. The van der Waals surface area contributed by atoms with Crippen LogP contribution in [0.4, 0.5) is 5.82 Å². The van der Waals surface area contributed by atoms with Gasteiger partial charge in [0.15, 0.2) is 5.82 Å². The molecule has 2 aromatic heterocycles. The van der Waals surface area contributed by atoms with E-state index in [1.54, 1.807) is 19.9 Å². The number of carbonyl (C=O) groups is 1. The lowest BCUT2D eigenvalue weighted by atomic mass is 10.2. The summed E-state index contributed by atoms with van der Waals surface area (Å²) in [6.07, 6.45) is 1.36. The molecule has 78 valence electrons. The highest BCUT2D eigenvalue weighted by molar-refractivity contribution is 6.04. The van der Waals surface area contributed by atoms with E-state index >= 15 is 0 Å². The van der Waals surface area contributed by atoms with Crippen molar-refractivity contribution >= 4 is 11.7 Å². The van der Waals surface area contributed by atoms with Gasteiger partial charge in [-0.25, -0.2) is 0 Å². The average Bonchev–Trinajstić information content (AvgIpc) is 2.75. The summed E-state index contributed by atoms with van der Waals surface area (Å²) in [5.41, 5.74) is 0.385. The quantitative estimate of drug-likeness (QED) is 0.807. The Kier molecular flexibility index (Phi) is 2.24. The lowest BCUT2D eigenvalue weighted by molar-refractivity contribution is 0.102. The Bertz CT molecular complexity index is 486. The number of hydrogen-bond acceptors (Lipinski definition) is 5. The van der Waals surface area contributed by atoms with Gasteiger partial charge in [0.25, 0.3) is 5.91 Å². The van der Waals surface area contributed by atoms with Gasteiger partial charge >= 0.3 is 0 Å². The highest BCUT2D eigenvalue weighted by atomic mass is 16.5. The Labute approximate surface area is 85.2 Å². The summed E-state index contributed by atoms with van der Waals surface area (Å²) in [5, 5.41) is 9.71. The highest BCUT2D eigenvalue weighted by Crippen LogP contribution is 2.11. The maximum atomic E-state index is 11.6. The van der Waals surface area contributed by atoms with Gasteiger partial charge in [-0.05, 0) is 13.8 Å². The van der Waals surface area contributed by atoms with Crippen molar-refractivity contribution < 1.29 is 13.8 Å². The van der Waals surface area contributed by atoms with E-state index in [1.165, 1.54) is 6.20 Å². The van der Waals surface area contributed by atoms with Crippen LogP contribution in [0.1, 0.15) is 21.9 Å². The van der Waals surface area contributed by atoms with Crippen molar-refractivity contribution in [3.05, 3.63) is 29.3 Å². The van der Waals surface area contributed by atoms with Crippen molar-refractivity contribution in [3.8, 4) is 0 Å². The molecule has 0 saturated heterocycles. The summed E-state index contributed by atoms with van der Waals surface area (Å²) in [4.78, 5) is 11.6. The molecule has 2 aromatic rings. The Morgan fingerprint density at radius 2 is 2.20 bits per heavy atom.